The lowest BCUT2D eigenvalue weighted by molar-refractivity contribution is -0.140. The van der Waals surface area contributed by atoms with Gasteiger partial charge in [0, 0.05) is 13.0 Å². The second-order valence-electron chi connectivity index (χ2n) is 5.46. The summed E-state index contributed by atoms with van der Waals surface area (Å²) in [6.07, 6.45) is 1.19. The number of carboxylic acid groups (broad SMARTS) is 1. The molecule has 118 valence electrons. The fourth-order valence-electron chi connectivity index (χ4n) is 2.46. The highest BCUT2D eigenvalue weighted by Gasteiger charge is 2.48. The summed E-state index contributed by atoms with van der Waals surface area (Å²) in [4.78, 5) is 22.6. The molecule has 1 fully saturated rings. The number of rotatable bonds is 4. The highest BCUT2D eigenvalue weighted by atomic mass is 35.5. The standard InChI is InChI=1S/C15H16ClNO5/c16-11-4-8(5-12-13(11)22-3-1-2-21-12)7-17-14(18)9-6-10(9)15(19)20/h4-5,9-10H,1-3,6-7H2,(H,17,18)(H,19,20)/t9-,10-/m1/s1. The first-order valence-electron chi connectivity index (χ1n) is 7.15. The third kappa shape index (κ3) is 3.11. The molecule has 1 aliphatic heterocycles. The van der Waals surface area contributed by atoms with Gasteiger partial charge in [-0.25, -0.2) is 0 Å². The Kier molecular flexibility index (Phi) is 4.11. The van der Waals surface area contributed by atoms with Gasteiger partial charge in [0.15, 0.2) is 11.5 Å². The first-order valence-corrected chi connectivity index (χ1v) is 7.52. The Balaban J connectivity index is 1.64. The van der Waals surface area contributed by atoms with Gasteiger partial charge in [0.2, 0.25) is 5.91 Å². The molecule has 2 N–H and O–H groups in total. The van der Waals surface area contributed by atoms with Gasteiger partial charge in [0.25, 0.3) is 0 Å². The maximum atomic E-state index is 11.9. The number of ether oxygens (including phenoxy) is 2. The number of nitrogens with one attached hydrogen (secondary N) is 1. The normalized spacial score (nSPS) is 22.6. The van der Waals surface area contributed by atoms with E-state index in [1.54, 1.807) is 12.1 Å². The number of hydrogen-bond donors (Lipinski definition) is 2. The van der Waals surface area contributed by atoms with Gasteiger partial charge in [-0.15, -0.1) is 0 Å². The number of carbonyl (C=O) groups excluding carboxylic acids is 1. The lowest BCUT2D eigenvalue weighted by atomic mass is 10.2. The van der Waals surface area contributed by atoms with Crippen LogP contribution in [-0.2, 0) is 16.1 Å². The maximum absolute atomic E-state index is 11.9. The molecule has 0 saturated heterocycles. The van der Waals surface area contributed by atoms with Crippen LogP contribution in [0, 0.1) is 11.8 Å². The second-order valence-corrected chi connectivity index (χ2v) is 5.87. The summed E-state index contributed by atoms with van der Waals surface area (Å²) in [7, 11) is 0. The minimum Gasteiger partial charge on any atom is -0.489 e. The van der Waals surface area contributed by atoms with E-state index >= 15 is 0 Å². The first kappa shape index (κ1) is 15.0. The van der Waals surface area contributed by atoms with Crippen LogP contribution >= 0.6 is 11.6 Å². The van der Waals surface area contributed by atoms with E-state index in [-0.39, 0.29) is 12.5 Å². The number of carbonyl (C=O) groups is 2. The minimum absolute atomic E-state index is 0.240. The van der Waals surface area contributed by atoms with E-state index in [1.165, 1.54) is 0 Å². The maximum Gasteiger partial charge on any atom is 0.307 e. The monoisotopic (exact) mass is 325 g/mol. The van der Waals surface area contributed by atoms with Crippen molar-refractivity contribution in [2.75, 3.05) is 13.2 Å². The molecule has 2 atom stereocenters. The molecule has 2 aliphatic rings. The van der Waals surface area contributed by atoms with E-state index in [9.17, 15) is 9.59 Å². The Bertz CT molecular complexity index is 618. The smallest absolute Gasteiger partial charge is 0.307 e. The zero-order valence-electron chi connectivity index (χ0n) is 11.8. The molecule has 1 saturated carbocycles. The minimum atomic E-state index is -0.918. The van der Waals surface area contributed by atoms with Crippen LogP contribution in [-0.4, -0.2) is 30.2 Å². The topological polar surface area (TPSA) is 84.9 Å². The molecule has 3 rings (SSSR count). The summed E-state index contributed by atoms with van der Waals surface area (Å²) in [6, 6.07) is 3.51. The number of aliphatic carboxylic acids is 1. The summed E-state index contributed by atoms with van der Waals surface area (Å²) in [5, 5.41) is 12.0. The Morgan fingerprint density at radius 2 is 2.05 bits per heavy atom. The number of benzene rings is 1. The van der Waals surface area contributed by atoms with Gasteiger partial charge in [0.1, 0.15) is 0 Å². The molecule has 1 aromatic carbocycles. The van der Waals surface area contributed by atoms with Crippen molar-refractivity contribution >= 4 is 23.5 Å². The van der Waals surface area contributed by atoms with Gasteiger partial charge >= 0.3 is 5.97 Å². The Morgan fingerprint density at radius 1 is 1.27 bits per heavy atom. The average molecular weight is 326 g/mol. The summed E-state index contributed by atoms with van der Waals surface area (Å²) >= 11 is 6.18. The Labute approximate surface area is 132 Å². The molecular formula is C15H16ClNO5. The predicted octanol–water partition coefficient (Wildman–Crippen LogP) is 1.84. The summed E-state index contributed by atoms with van der Waals surface area (Å²) in [5.41, 5.74) is 0.787. The van der Waals surface area contributed by atoms with E-state index < -0.39 is 17.8 Å². The second kappa shape index (κ2) is 6.04. The zero-order chi connectivity index (χ0) is 15.7. The van der Waals surface area contributed by atoms with Crippen molar-refractivity contribution in [3.05, 3.63) is 22.7 Å². The van der Waals surface area contributed by atoms with Crippen LogP contribution in [0.4, 0.5) is 0 Å². The third-order valence-electron chi connectivity index (χ3n) is 3.77. The molecule has 1 amide bonds. The molecule has 22 heavy (non-hydrogen) atoms. The highest BCUT2D eigenvalue weighted by Crippen LogP contribution is 2.39. The molecule has 0 aromatic heterocycles. The van der Waals surface area contributed by atoms with Gasteiger partial charge in [-0.3, -0.25) is 9.59 Å². The summed E-state index contributed by atoms with van der Waals surface area (Å²) < 4.78 is 11.1. The number of carboxylic acids is 1. The van der Waals surface area contributed by atoms with Crippen LogP contribution in [0.3, 0.4) is 0 Å². The molecule has 1 aliphatic carbocycles. The lowest BCUT2D eigenvalue weighted by Gasteiger charge is -2.12. The van der Waals surface area contributed by atoms with Gasteiger partial charge < -0.3 is 19.9 Å². The van der Waals surface area contributed by atoms with Gasteiger partial charge in [-0.05, 0) is 24.1 Å². The molecule has 7 heteroatoms. The molecular weight excluding hydrogens is 310 g/mol. The van der Waals surface area contributed by atoms with E-state index in [0.717, 1.165) is 12.0 Å². The largest absolute Gasteiger partial charge is 0.489 e. The lowest BCUT2D eigenvalue weighted by Crippen LogP contribution is -2.25. The SMILES string of the molecule is O=C(O)[C@@H]1C[C@H]1C(=O)NCc1cc(Cl)c2c(c1)OCCCO2. The van der Waals surface area contributed by atoms with E-state index in [1.807, 2.05) is 0 Å². The summed E-state index contributed by atoms with van der Waals surface area (Å²) in [5.74, 6) is -1.03. The van der Waals surface area contributed by atoms with Gasteiger partial charge in [-0.2, -0.15) is 0 Å². The van der Waals surface area contributed by atoms with Crippen molar-refractivity contribution < 1.29 is 24.2 Å². The number of amides is 1. The van der Waals surface area contributed by atoms with Crippen LogP contribution < -0.4 is 14.8 Å². The number of fused-ring (bicyclic) bond motifs is 1. The van der Waals surface area contributed by atoms with E-state index in [2.05, 4.69) is 5.32 Å². The van der Waals surface area contributed by atoms with Gasteiger partial charge in [-0.1, -0.05) is 11.6 Å². The van der Waals surface area contributed by atoms with Crippen LogP contribution in [0.2, 0.25) is 5.02 Å². The van der Waals surface area contributed by atoms with Gasteiger partial charge in [0.05, 0.1) is 30.1 Å². The molecule has 0 bridgehead atoms. The molecule has 1 aromatic rings. The van der Waals surface area contributed by atoms with Crippen molar-refractivity contribution in [3.8, 4) is 11.5 Å². The van der Waals surface area contributed by atoms with Crippen molar-refractivity contribution in [3.63, 3.8) is 0 Å². The van der Waals surface area contributed by atoms with Crippen molar-refractivity contribution in [2.24, 2.45) is 11.8 Å². The van der Waals surface area contributed by atoms with Crippen molar-refractivity contribution in [1.82, 2.24) is 5.32 Å². The average Bonchev–Trinajstić information content (AvgIpc) is 3.28. The molecule has 6 nitrogen and oxygen atoms in total. The molecule has 1 heterocycles. The van der Waals surface area contributed by atoms with Crippen molar-refractivity contribution in [1.29, 1.82) is 0 Å². The van der Waals surface area contributed by atoms with E-state index in [0.29, 0.717) is 36.2 Å². The Morgan fingerprint density at radius 3 is 2.77 bits per heavy atom. The molecule has 0 unspecified atom stereocenters. The summed E-state index contributed by atoms with van der Waals surface area (Å²) in [6.45, 7) is 1.39. The first-order chi connectivity index (χ1) is 10.6. The Hall–Kier alpha value is -1.95. The fourth-order valence-corrected chi connectivity index (χ4v) is 2.75. The third-order valence-corrected chi connectivity index (χ3v) is 4.05. The van der Waals surface area contributed by atoms with Crippen molar-refractivity contribution in [2.45, 2.75) is 19.4 Å². The quantitative estimate of drug-likeness (QED) is 0.882. The number of halogens is 1. The van der Waals surface area contributed by atoms with Crippen LogP contribution in [0.15, 0.2) is 12.1 Å². The molecule has 0 radical (unpaired) electrons. The fraction of sp³-hybridized carbons (Fsp3) is 0.467. The van der Waals surface area contributed by atoms with Crippen LogP contribution in [0.1, 0.15) is 18.4 Å². The van der Waals surface area contributed by atoms with Crippen LogP contribution in [0.25, 0.3) is 0 Å². The predicted molar refractivity (Wildman–Crippen MR) is 78.1 cm³/mol. The highest BCUT2D eigenvalue weighted by molar-refractivity contribution is 6.32. The number of hydrogen-bond acceptors (Lipinski definition) is 4. The van der Waals surface area contributed by atoms with E-state index in [4.69, 9.17) is 26.2 Å². The van der Waals surface area contributed by atoms with Crippen LogP contribution in [0.5, 0.6) is 11.5 Å². The zero-order valence-corrected chi connectivity index (χ0v) is 12.6. The molecule has 0 spiro atoms.